The Kier molecular flexibility index (Phi) is 2.46. The molecule has 0 fully saturated rings. The molecule has 1 aliphatic rings. The van der Waals surface area contributed by atoms with Crippen LogP contribution in [0.4, 0.5) is 0 Å². The predicted molar refractivity (Wildman–Crippen MR) is 39.2 cm³/mol. The Morgan fingerprint density at radius 2 is 2.64 bits per heavy atom. The minimum Gasteiger partial charge on any atom is -0.466 e. The molecule has 0 N–H and O–H groups in total. The fourth-order valence-electron chi connectivity index (χ4n) is 0.893. The molecule has 0 aromatic carbocycles. The maximum atomic E-state index is 10.9. The first-order valence-electron chi connectivity index (χ1n) is 3.57. The van der Waals surface area contributed by atoms with E-state index in [2.05, 4.69) is 9.89 Å². The van der Waals surface area contributed by atoms with Crippen molar-refractivity contribution in [3.8, 4) is 0 Å². The van der Waals surface area contributed by atoms with Gasteiger partial charge in [0.25, 0.3) is 0 Å². The average molecular weight is 157 g/mol. The molecule has 0 amide bonds. The average Bonchev–Trinajstić information content (AvgIpc) is 2.50. The Balaban J connectivity index is 2.41. The van der Waals surface area contributed by atoms with E-state index in [0.29, 0.717) is 6.42 Å². The van der Waals surface area contributed by atoms with Gasteiger partial charge < -0.3 is 9.57 Å². The van der Waals surface area contributed by atoms with E-state index >= 15 is 0 Å². The molecule has 11 heavy (non-hydrogen) atoms. The molecule has 0 aromatic rings. The molecule has 0 bridgehead atoms. The standard InChI is InChI=1S/C7H11NO3/c1-3-5-4-6(11-8-5)7(9)10-2/h6H,3-4H2,1-2H3. The third-order valence-electron chi connectivity index (χ3n) is 1.60. The normalized spacial score (nSPS) is 22.4. The molecule has 0 saturated heterocycles. The maximum absolute atomic E-state index is 10.9. The molecule has 1 rings (SSSR count). The number of ether oxygens (including phenoxy) is 1. The molecular weight excluding hydrogens is 146 g/mol. The van der Waals surface area contributed by atoms with Crippen LogP contribution in [0.2, 0.25) is 0 Å². The van der Waals surface area contributed by atoms with Crippen molar-refractivity contribution >= 4 is 11.7 Å². The number of carbonyl (C=O) groups excluding carboxylic acids is 1. The van der Waals surface area contributed by atoms with Gasteiger partial charge in [-0.2, -0.15) is 0 Å². The van der Waals surface area contributed by atoms with Crippen LogP contribution >= 0.6 is 0 Å². The van der Waals surface area contributed by atoms with Gasteiger partial charge in [0.15, 0.2) is 0 Å². The van der Waals surface area contributed by atoms with Crippen molar-refractivity contribution in [3.05, 3.63) is 0 Å². The molecule has 4 heteroatoms. The van der Waals surface area contributed by atoms with Gasteiger partial charge in [-0.1, -0.05) is 12.1 Å². The lowest BCUT2D eigenvalue weighted by molar-refractivity contribution is -0.152. The first-order chi connectivity index (χ1) is 5.27. The summed E-state index contributed by atoms with van der Waals surface area (Å²) in [6, 6.07) is 0. The third kappa shape index (κ3) is 1.69. The second-order valence-corrected chi connectivity index (χ2v) is 2.33. The first kappa shape index (κ1) is 8.04. The van der Waals surface area contributed by atoms with Gasteiger partial charge in [-0.25, -0.2) is 4.79 Å². The van der Waals surface area contributed by atoms with E-state index in [0.717, 1.165) is 12.1 Å². The van der Waals surface area contributed by atoms with Crippen LogP contribution in [0.25, 0.3) is 0 Å². The molecule has 1 heterocycles. The first-order valence-corrected chi connectivity index (χ1v) is 3.57. The van der Waals surface area contributed by atoms with Crippen molar-refractivity contribution in [1.29, 1.82) is 0 Å². The van der Waals surface area contributed by atoms with Crippen molar-refractivity contribution in [2.75, 3.05) is 7.11 Å². The maximum Gasteiger partial charge on any atom is 0.350 e. The predicted octanol–water partition coefficient (Wildman–Crippen LogP) is 0.714. The largest absolute Gasteiger partial charge is 0.466 e. The summed E-state index contributed by atoms with van der Waals surface area (Å²) in [6.07, 6.45) is 0.895. The van der Waals surface area contributed by atoms with Gasteiger partial charge in [0.2, 0.25) is 6.10 Å². The van der Waals surface area contributed by atoms with E-state index in [1.54, 1.807) is 0 Å². The van der Waals surface area contributed by atoms with E-state index in [1.165, 1.54) is 7.11 Å². The van der Waals surface area contributed by atoms with Crippen LogP contribution in [0.1, 0.15) is 19.8 Å². The van der Waals surface area contributed by atoms with Crippen LogP contribution in [0.3, 0.4) is 0 Å². The molecule has 1 unspecified atom stereocenters. The zero-order valence-corrected chi connectivity index (χ0v) is 6.66. The topological polar surface area (TPSA) is 47.9 Å². The zero-order chi connectivity index (χ0) is 8.27. The number of esters is 1. The highest BCUT2D eigenvalue weighted by Crippen LogP contribution is 2.13. The highest BCUT2D eigenvalue weighted by atomic mass is 16.7. The molecule has 0 spiro atoms. The van der Waals surface area contributed by atoms with E-state index in [1.807, 2.05) is 6.92 Å². The number of nitrogens with zero attached hydrogens (tertiary/aromatic N) is 1. The summed E-state index contributed by atoms with van der Waals surface area (Å²) in [4.78, 5) is 15.7. The molecular formula is C7H11NO3. The van der Waals surface area contributed by atoms with E-state index in [9.17, 15) is 4.79 Å². The fourth-order valence-corrected chi connectivity index (χ4v) is 0.893. The molecule has 0 aromatic heterocycles. The minimum atomic E-state index is -0.505. The molecule has 4 nitrogen and oxygen atoms in total. The smallest absolute Gasteiger partial charge is 0.350 e. The van der Waals surface area contributed by atoms with Crippen LogP contribution in [-0.4, -0.2) is 24.9 Å². The summed E-state index contributed by atoms with van der Waals surface area (Å²) in [7, 11) is 1.34. The number of methoxy groups -OCH3 is 1. The second kappa shape index (κ2) is 3.37. The lowest BCUT2D eigenvalue weighted by atomic mass is 10.1. The van der Waals surface area contributed by atoms with Gasteiger partial charge in [0.1, 0.15) is 0 Å². The van der Waals surface area contributed by atoms with Crippen molar-refractivity contribution in [2.45, 2.75) is 25.9 Å². The van der Waals surface area contributed by atoms with Crippen LogP contribution in [0.15, 0.2) is 5.16 Å². The Labute approximate surface area is 65.2 Å². The number of oxime groups is 1. The number of carbonyl (C=O) groups is 1. The van der Waals surface area contributed by atoms with Crippen LogP contribution in [-0.2, 0) is 14.4 Å². The van der Waals surface area contributed by atoms with Gasteiger partial charge in [0, 0.05) is 6.42 Å². The highest BCUT2D eigenvalue weighted by Gasteiger charge is 2.27. The lowest BCUT2D eigenvalue weighted by Crippen LogP contribution is -2.21. The zero-order valence-electron chi connectivity index (χ0n) is 6.66. The molecule has 0 saturated carbocycles. The molecule has 1 atom stereocenters. The lowest BCUT2D eigenvalue weighted by Gasteiger charge is -2.03. The minimum absolute atomic E-state index is 0.350. The Bertz CT molecular complexity index is 188. The van der Waals surface area contributed by atoms with E-state index in [4.69, 9.17) is 4.84 Å². The molecule has 0 aliphatic carbocycles. The number of rotatable bonds is 2. The molecule has 1 aliphatic heterocycles. The summed E-state index contributed by atoms with van der Waals surface area (Å²) in [5, 5.41) is 3.72. The van der Waals surface area contributed by atoms with Crippen LogP contribution < -0.4 is 0 Å². The SMILES string of the molecule is CCC1=NOC(C(=O)OC)C1. The summed E-state index contributed by atoms with van der Waals surface area (Å²) in [5.41, 5.74) is 0.917. The van der Waals surface area contributed by atoms with Gasteiger partial charge in [-0.05, 0) is 6.42 Å². The summed E-state index contributed by atoms with van der Waals surface area (Å²) in [6.45, 7) is 1.97. The van der Waals surface area contributed by atoms with Gasteiger partial charge >= 0.3 is 5.97 Å². The summed E-state index contributed by atoms with van der Waals surface area (Å²) in [5.74, 6) is -0.350. The summed E-state index contributed by atoms with van der Waals surface area (Å²) >= 11 is 0. The monoisotopic (exact) mass is 157 g/mol. The highest BCUT2D eigenvalue weighted by molar-refractivity contribution is 5.90. The van der Waals surface area contributed by atoms with E-state index in [-0.39, 0.29) is 5.97 Å². The number of hydrogen-bond donors (Lipinski definition) is 0. The Morgan fingerprint density at radius 3 is 3.09 bits per heavy atom. The second-order valence-electron chi connectivity index (χ2n) is 2.33. The van der Waals surface area contributed by atoms with Crippen molar-refractivity contribution in [1.82, 2.24) is 0 Å². The van der Waals surface area contributed by atoms with Crippen LogP contribution in [0, 0.1) is 0 Å². The van der Waals surface area contributed by atoms with Crippen LogP contribution in [0.5, 0.6) is 0 Å². The molecule has 0 radical (unpaired) electrons. The quantitative estimate of drug-likeness (QED) is 0.555. The third-order valence-corrected chi connectivity index (χ3v) is 1.60. The van der Waals surface area contributed by atoms with Gasteiger partial charge in [0.05, 0.1) is 12.8 Å². The summed E-state index contributed by atoms with van der Waals surface area (Å²) < 4.78 is 4.49. The molecule has 62 valence electrons. The Hall–Kier alpha value is -1.06. The fraction of sp³-hybridized carbons (Fsp3) is 0.714. The van der Waals surface area contributed by atoms with E-state index < -0.39 is 6.10 Å². The van der Waals surface area contributed by atoms with Gasteiger partial charge in [-0.3, -0.25) is 0 Å². The number of hydrogen-bond acceptors (Lipinski definition) is 4. The van der Waals surface area contributed by atoms with Crippen molar-refractivity contribution in [2.24, 2.45) is 5.16 Å². The Morgan fingerprint density at radius 1 is 1.91 bits per heavy atom. The van der Waals surface area contributed by atoms with Gasteiger partial charge in [-0.15, -0.1) is 0 Å². The van der Waals surface area contributed by atoms with Crippen molar-refractivity contribution in [3.63, 3.8) is 0 Å². The van der Waals surface area contributed by atoms with Crippen molar-refractivity contribution < 1.29 is 14.4 Å².